The average molecular weight is 1260 g/mol. The first kappa shape index (κ1) is 71.3. The zero-order valence-electron chi connectivity index (χ0n) is 51.7. The number of ether oxygens (including phenoxy) is 2. The van der Waals surface area contributed by atoms with Crippen molar-refractivity contribution in [3.8, 4) is 11.1 Å². The number of nitrogens with one attached hydrogen (secondary N) is 3. The number of carbonyl (C=O) groups is 5. The molecule has 0 radical (unpaired) electrons. The Labute approximate surface area is 529 Å². The summed E-state index contributed by atoms with van der Waals surface area (Å²) in [6, 6.07) is 19.7. The molecule has 0 saturated carbocycles. The highest BCUT2D eigenvalue weighted by Crippen LogP contribution is 2.43. The number of anilines is 2. The number of amides is 5. The number of aliphatic hydroxyl groups excluding tert-OH is 1. The minimum atomic E-state index is -0.695. The molecule has 24 heteroatoms. The van der Waals surface area contributed by atoms with Crippen LogP contribution in [-0.2, 0) is 48.0 Å². The maximum atomic E-state index is 13.0. The van der Waals surface area contributed by atoms with Crippen LogP contribution in [0.25, 0.3) is 11.1 Å². The minimum Gasteiger partial charge on any atom is -0.444 e. The van der Waals surface area contributed by atoms with Crippen LogP contribution < -0.4 is 20.9 Å². The summed E-state index contributed by atoms with van der Waals surface area (Å²) in [5.41, 5.74) is 7.52. The van der Waals surface area contributed by atoms with E-state index >= 15 is 0 Å². The number of hydrogen-bond acceptors (Lipinski definition) is 18. The molecule has 5 amide bonds. The summed E-state index contributed by atoms with van der Waals surface area (Å²) in [5, 5.41) is 19.6. The smallest absolute Gasteiger partial charge is 0.411 e. The van der Waals surface area contributed by atoms with Crippen LogP contribution >= 0.6 is 34.9 Å². The fourth-order valence-corrected chi connectivity index (χ4v) is 10.3. The van der Waals surface area contributed by atoms with Gasteiger partial charge in [0.2, 0.25) is 24.6 Å². The molecule has 1 unspecified atom stereocenters. The Morgan fingerprint density at radius 3 is 2.06 bits per heavy atom. The summed E-state index contributed by atoms with van der Waals surface area (Å²) >= 11 is 12.1. The Morgan fingerprint density at radius 1 is 0.793 bits per heavy atom. The first-order chi connectivity index (χ1) is 41.9. The number of aromatic nitrogens is 5. The van der Waals surface area contributed by atoms with Gasteiger partial charge in [-0.05, 0) is 127 Å². The van der Waals surface area contributed by atoms with Crippen molar-refractivity contribution in [2.75, 3.05) is 95.8 Å². The standard InChI is InChI=1S/C26H31N5O3.C16H30N4O3.C13H18N4O2.C8H9Cl.H2S2/c1-6-19-8-7-9-20(12-19)21-13-23(18(2)28-14-21)30-24(32)16-31(25(33)34-26(3,4)5)15-22-10-11-27-17-29-22;1-17-6-7-18-16(22)12-19-8-2-14(3-9-19)23-15-4-10-20(13-21)11-5-15;1-9-6-10(19)12-11(9)13(15-7-14-12)17-4-2-16(8-18)3-5-17;1-2-7-3-5-8(9)6-4-7;1-2/h7-14,17H,6,15-16H2,1-5H3,(H,30,32);13-15,17H,2-12H2,1H3,(H,18,22);7-10,19H,2-6H2,1H3;3-6H,2H2,1H3;1-2H/t;;9-,10?;;/m..1../s1. The first-order valence-corrected chi connectivity index (χ1v) is 31.8. The lowest BCUT2D eigenvalue weighted by Crippen LogP contribution is -2.46. The van der Waals surface area contributed by atoms with E-state index in [0.717, 1.165) is 150 Å². The van der Waals surface area contributed by atoms with Crippen LogP contribution in [0.15, 0.2) is 85.7 Å². The number of likely N-dealkylation sites (tertiary alicyclic amines) is 2. The molecule has 0 spiro atoms. The number of benzene rings is 2. The van der Waals surface area contributed by atoms with Gasteiger partial charge in [-0.1, -0.05) is 68.8 Å². The third kappa shape index (κ3) is 24.2. The quantitative estimate of drug-likeness (QED) is 0.0210. The summed E-state index contributed by atoms with van der Waals surface area (Å²) in [6.45, 7) is 21.8. The molecule has 474 valence electrons. The van der Waals surface area contributed by atoms with Crippen LogP contribution in [0.1, 0.15) is 119 Å². The van der Waals surface area contributed by atoms with Gasteiger partial charge in [0.25, 0.3) is 0 Å². The monoisotopic (exact) mass is 1260 g/mol. The Hall–Kier alpha value is -6.47. The van der Waals surface area contributed by atoms with Gasteiger partial charge in [0, 0.05) is 94.0 Å². The largest absolute Gasteiger partial charge is 0.444 e. The van der Waals surface area contributed by atoms with Crippen molar-refractivity contribution >= 4 is 77.2 Å². The molecular formula is C63H90ClN13O8S2. The minimum absolute atomic E-state index is 0.0980. The van der Waals surface area contributed by atoms with E-state index in [2.05, 4.69) is 107 Å². The Morgan fingerprint density at radius 2 is 1.45 bits per heavy atom. The highest BCUT2D eigenvalue weighted by molar-refractivity contribution is 8.59. The molecule has 87 heavy (non-hydrogen) atoms. The zero-order valence-corrected chi connectivity index (χ0v) is 54.3. The number of aliphatic hydroxyl groups is 1. The SMILES string of the molecule is CCc1ccc(Cl)cc1.CCc1cccc(-c2cnc(C)c(NC(=O)CN(Cc3ccncn3)C(=O)OC(C)(C)C)c2)c1.CNCCNC(=O)CN1CCC(OC2CCN(C=O)CC2)CC1.C[C@@H]1CC(O)c2ncnc(N3CCN(C=O)CC3)c21.SS. The molecule has 5 aromatic rings. The maximum Gasteiger partial charge on any atom is 0.411 e. The fraction of sp³-hybridized carbons (Fsp3) is 0.524. The molecule has 3 fully saturated rings. The number of hydrogen-bond donors (Lipinski definition) is 6. The molecule has 9 rings (SSSR count). The third-order valence-corrected chi connectivity index (χ3v) is 15.2. The maximum absolute atomic E-state index is 13.0. The van der Waals surface area contributed by atoms with E-state index in [1.54, 1.807) is 44.1 Å². The van der Waals surface area contributed by atoms with Crippen molar-refractivity contribution in [3.63, 3.8) is 0 Å². The van der Waals surface area contributed by atoms with Gasteiger partial charge >= 0.3 is 6.09 Å². The molecule has 1 aliphatic carbocycles. The van der Waals surface area contributed by atoms with E-state index in [1.165, 1.54) is 28.7 Å². The van der Waals surface area contributed by atoms with Gasteiger partial charge < -0.3 is 45.2 Å². The third-order valence-electron chi connectivity index (χ3n) is 15.0. The lowest BCUT2D eigenvalue weighted by atomic mass is 10.0. The number of nitrogens with zero attached hydrogens (tertiary/aromatic N) is 10. The summed E-state index contributed by atoms with van der Waals surface area (Å²) in [7, 11) is 1.87. The number of piperazine rings is 1. The first-order valence-electron chi connectivity index (χ1n) is 29.9. The number of thiol groups is 2. The molecular weight excluding hydrogens is 1170 g/mol. The molecule has 4 N–H and O–H groups in total. The van der Waals surface area contributed by atoms with Crippen LogP contribution in [0, 0.1) is 6.92 Å². The van der Waals surface area contributed by atoms with Crippen molar-refractivity contribution in [2.45, 2.75) is 130 Å². The van der Waals surface area contributed by atoms with E-state index in [9.17, 15) is 29.1 Å². The van der Waals surface area contributed by atoms with Gasteiger partial charge in [-0.15, -0.1) is 23.3 Å². The van der Waals surface area contributed by atoms with Crippen LogP contribution in [0.5, 0.6) is 0 Å². The molecule has 21 nitrogen and oxygen atoms in total. The van der Waals surface area contributed by atoms with Crippen LogP contribution in [-0.4, -0.2) is 184 Å². The zero-order chi connectivity index (χ0) is 63.3. The Balaban J connectivity index is 0.000000226. The number of pyridine rings is 1. The molecule has 6 heterocycles. The van der Waals surface area contributed by atoms with Gasteiger partial charge in [-0.25, -0.2) is 24.7 Å². The van der Waals surface area contributed by atoms with Crippen molar-refractivity contribution in [2.24, 2.45) is 0 Å². The van der Waals surface area contributed by atoms with E-state index in [4.69, 9.17) is 21.1 Å². The number of likely N-dealkylation sites (N-methyl/N-ethyl adjacent to an activating group) is 1. The lowest BCUT2D eigenvalue weighted by Gasteiger charge is -2.36. The molecule has 3 saturated heterocycles. The number of carbonyl (C=O) groups excluding carboxylic acids is 5. The number of fused-ring (bicyclic) bond motifs is 1. The van der Waals surface area contributed by atoms with Gasteiger partial charge in [-0.2, -0.15) is 0 Å². The van der Waals surface area contributed by atoms with Crippen LogP contribution in [0.2, 0.25) is 5.02 Å². The van der Waals surface area contributed by atoms with Crippen molar-refractivity contribution < 1.29 is 38.6 Å². The second kappa shape index (κ2) is 37.4. The second-order valence-electron chi connectivity index (χ2n) is 22.7. The van der Waals surface area contributed by atoms with E-state index in [0.29, 0.717) is 36.3 Å². The van der Waals surface area contributed by atoms with Gasteiger partial charge in [0.15, 0.2) is 0 Å². The van der Waals surface area contributed by atoms with Gasteiger partial charge in [0.05, 0.1) is 54.2 Å². The molecule has 4 aliphatic rings. The van der Waals surface area contributed by atoms with Crippen LogP contribution in [0.3, 0.4) is 0 Å². The molecule has 3 aliphatic heterocycles. The summed E-state index contributed by atoms with van der Waals surface area (Å²) in [5.74, 6) is 0.954. The van der Waals surface area contributed by atoms with Gasteiger partial charge in [-0.3, -0.25) is 34.0 Å². The van der Waals surface area contributed by atoms with Crippen molar-refractivity contribution in [1.29, 1.82) is 0 Å². The average Bonchev–Trinajstić information content (AvgIpc) is 1.97. The number of rotatable bonds is 18. The molecule has 3 aromatic heterocycles. The molecule has 2 aromatic carbocycles. The number of piperidine rings is 2. The molecule has 0 bridgehead atoms. The summed E-state index contributed by atoms with van der Waals surface area (Å²) in [6.07, 6.45) is 14.2. The Bertz CT molecular complexity index is 2890. The number of halogens is 1. The second-order valence-corrected chi connectivity index (χ2v) is 23.1. The highest BCUT2D eigenvalue weighted by atomic mass is 35.5. The summed E-state index contributed by atoms with van der Waals surface area (Å²) in [4.78, 5) is 89.4. The normalized spacial score (nSPS) is 16.8. The van der Waals surface area contributed by atoms with Crippen molar-refractivity contribution in [3.05, 3.63) is 125 Å². The Kier molecular flexibility index (Phi) is 30.6. The van der Waals surface area contributed by atoms with Crippen molar-refractivity contribution in [1.82, 2.24) is 55.2 Å². The van der Waals surface area contributed by atoms with E-state index in [-0.39, 0.29) is 36.9 Å². The van der Waals surface area contributed by atoms with Crippen LogP contribution in [0.4, 0.5) is 16.3 Å². The van der Waals surface area contributed by atoms with E-state index < -0.39 is 17.8 Å². The lowest BCUT2D eigenvalue weighted by molar-refractivity contribution is -0.125. The topological polar surface area (TPSA) is 241 Å². The summed E-state index contributed by atoms with van der Waals surface area (Å²) < 4.78 is 11.7. The predicted molar refractivity (Wildman–Crippen MR) is 348 cm³/mol. The van der Waals surface area contributed by atoms with E-state index in [1.807, 2.05) is 61.3 Å². The molecule has 2 atom stereocenters. The highest BCUT2D eigenvalue weighted by Gasteiger charge is 2.34. The van der Waals surface area contributed by atoms with Gasteiger partial charge in [0.1, 0.15) is 30.6 Å². The predicted octanol–water partition coefficient (Wildman–Crippen LogP) is 8.17. The number of aryl methyl sites for hydroxylation is 3. The fourth-order valence-electron chi connectivity index (χ4n) is 10.2.